The molecule has 1 aromatic heterocycles. The van der Waals surface area contributed by atoms with Gasteiger partial charge < -0.3 is 5.32 Å². The fraction of sp³-hybridized carbons (Fsp3) is 0.556. The molecule has 4 nitrogen and oxygen atoms in total. The van der Waals surface area contributed by atoms with Crippen LogP contribution >= 0.6 is 11.3 Å². The molecule has 1 aliphatic heterocycles. The number of thiophene rings is 1. The van der Waals surface area contributed by atoms with E-state index in [9.17, 15) is 8.42 Å². The van der Waals surface area contributed by atoms with E-state index in [1.807, 2.05) is 5.38 Å². The highest BCUT2D eigenvalue weighted by Gasteiger charge is 2.31. The van der Waals surface area contributed by atoms with Crippen LogP contribution in [0.15, 0.2) is 16.8 Å². The van der Waals surface area contributed by atoms with E-state index in [1.54, 1.807) is 11.3 Å². The lowest BCUT2D eigenvalue weighted by Crippen LogP contribution is -2.26. The van der Waals surface area contributed by atoms with Crippen molar-refractivity contribution in [2.24, 2.45) is 11.1 Å². The third-order valence-corrected chi connectivity index (χ3v) is 4.35. The molecule has 3 N–H and O–H groups in total. The zero-order valence-electron chi connectivity index (χ0n) is 8.22. The predicted octanol–water partition coefficient (Wildman–Crippen LogP) is 0.340. The number of sulfonamides is 1. The van der Waals surface area contributed by atoms with Crippen molar-refractivity contribution in [3.63, 3.8) is 0 Å². The fourth-order valence-corrected chi connectivity index (χ4v) is 3.75. The third-order valence-electron chi connectivity index (χ3n) is 2.76. The fourth-order valence-electron chi connectivity index (χ4n) is 2.08. The second kappa shape index (κ2) is 4.21. The number of hydrogen-bond acceptors (Lipinski definition) is 4. The Balaban J connectivity index is 2.12. The Morgan fingerprint density at radius 1 is 1.53 bits per heavy atom. The van der Waals surface area contributed by atoms with Crippen LogP contribution in [0.1, 0.15) is 11.5 Å². The molecule has 0 aliphatic carbocycles. The minimum Gasteiger partial charge on any atom is -0.316 e. The van der Waals surface area contributed by atoms with Crippen molar-refractivity contribution in [2.45, 2.75) is 5.92 Å². The lowest BCUT2D eigenvalue weighted by Gasteiger charge is -2.15. The van der Waals surface area contributed by atoms with Crippen molar-refractivity contribution in [1.29, 1.82) is 0 Å². The topological polar surface area (TPSA) is 72.2 Å². The Hall–Kier alpha value is -0.430. The van der Waals surface area contributed by atoms with Crippen LogP contribution in [0.5, 0.6) is 0 Å². The van der Waals surface area contributed by atoms with Gasteiger partial charge in [-0.1, -0.05) is 0 Å². The minimum atomic E-state index is -3.37. The molecule has 0 aromatic carbocycles. The van der Waals surface area contributed by atoms with Crippen LogP contribution in [-0.4, -0.2) is 27.3 Å². The average Bonchev–Trinajstić information content (AvgIpc) is 2.68. The van der Waals surface area contributed by atoms with Crippen molar-refractivity contribution in [1.82, 2.24) is 5.32 Å². The average molecular weight is 246 g/mol. The van der Waals surface area contributed by atoms with Crippen LogP contribution in [0.3, 0.4) is 0 Å². The van der Waals surface area contributed by atoms with Crippen molar-refractivity contribution >= 4 is 21.4 Å². The second-order valence-corrected chi connectivity index (χ2v) is 6.35. The van der Waals surface area contributed by atoms with Crippen LogP contribution in [0.2, 0.25) is 0 Å². The van der Waals surface area contributed by atoms with Crippen molar-refractivity contribution in [3.8, 4) is 0 Å². The SMILES string of the molecule is NS(=O)(=O)CC1CNCC1c1ccsc1. The minimum absolute atomic E-state index is 0.0700. The molecule has 0 radical (unpaired) electrons. The number of rotatable bonds is 3. The molecule has 0 bridgehead atoms. The highest BCUT2D eigenvalue weighted by atomic mass is 32.2. The van der Waals surface area contributed by atoms with Crippen molar-refractivity contribution < 1.29 is 8.42 Å². The smallest absolute Gasteiger partial charge is 0.209 e. The first kappa shape index (κ1) is 11.1. The molecule has 2 unspecified atom stereocenters. The summed E-state index contributed by atoms with van der Waals surface area (Å²) in [5.74, 6) is 0.463. The first-order chi connectivity index (χ1) is 7.06. The molecule has 15 heavy (non-hydrogen) atoms. The second-order valence-electron chi connectivity index (χ2n) is 3.91. The maximum Gasteiger partial charge on any atom is 0.209 e. The van der Waals surface area contributed by atoms with Gasteiger partial charge in [-0.3, -0.25) is 0 Å². The Labute approximate surface area is 93.5 Å². The van der Waals surface area contributed by atoms with Gasteiger partial charge >= 0.3 is 0 Å². The lowest BCUT2D eigenvalue weighted by atomic mass is 9.92. The molecule has 0 saturated carbocycles. The van der Waals surface area contributed by atoms with Crippen LogP contribution < -0.4 is 10.5 Å². The summed E-state index contributed by atoms with van der Waals surface area (Å²) in [6.07, 6.45) is 0. The van der Waals surface area contributed by atoms with E-state index in [2.05, 4.69) is 16.8 Å². The molecule has 2 heterocycles. The van der Waals surface area contributed by atoms with Gasteiger partial charge in [-0.05, 0) is 34.9 Å². The van der Waals surface area contributed by atoms with E-state index in [0.717, 1.165) is 13.1 Å². The molecule has 0 spiro atoms. The summed E-state index contributed by atoms with van der Waals surface area (Å²) in [6, 6.07) is 2.05. The molecule has 1 fully saturated rings. The zero-order chi connectivity index (χ0) is 10.9. The molecular weight excluding hydrogens is 232 g/mol. The van der Waals surface area contributed by atoms with Crippen molar-refractivity contribution in [2.75, 3.05) is 18.8 Å². The quantitative estimate of drug-likeness (QED) is 0.808. The summed E-state index contributed by atoms with van der Waals surface area (Å²) < 4.78 is 22.1. The Morgan fingerprint density at radius 2 is 2.33 bits per heavy atom. The van der Waals surface area contributed by atoms with Gasteiger partial charge in [-0.15, -0.1) is 0 Å². The summed E-state index contributed by atoms with van der Waals surface area (Å²) in [6.45, 7) is 1.58. The van der Waals surface area contributed by atoms with Crippen molar-refractivity contribution in [3.05, 3.63) is 22.4 Å². The molecule has 1 saturated heterocycles. The Bertz CT molecular complexity index is 413. The number of primary sulfonamides is 1. The van der Waals surface area contributed by atoms with E-state index in [0.29, 0.717) is 0 Å². The van der Waals surface area contributed by atoms with Crippen LogP contribution in [0.25, 0.3) is 0 Å². The highest BCUT2D eigenvalue weighted by molar-refractivity contribution is 7.89. The molecule has 1 aliphatic rings. The standard InChI is InChI=1S/C9H14N2O2S2/c10-15(12,13)6-8-3-11-4-9(8)7-1-2-14-5-7/h1-2,5,8-9,11H,3-4,6H2,(H2,10,12,13). The summed E-state index contributed by atoms with van der Waals surface area (Å²) >= 11 is 1.64. The maximum atomic E-state index is 11.1. The predicted molar refractivity (Wildman–Crippen MR) is 61.4 cm³/mol. The largest absolute Gasteiger partial charge is 0.316 e. The molecule has 84 valence electrons. The number of nitrogens with one attached hydrogen (secondary N) is 1. The van der Waals surface area contributed by atoms with Gasteiger partial charge in [0.05, 0.1) is 5.75 Å². The lowest BCUT2D eigenvalue weighted by molar-refractivity contribution is 0.543. The van der Waals surface area contributed by atoms with Gasteiger partial charge in [0, 0.05) is 12.5 Å². The molecule has 2 rings (SSSR count). The molecule has 2 atom stereocenters. The Morgan fingerprint density at radius 3 is 2.93 bits per heavy atom. The van der Waals surface area contributed by atoms with Gasteiger partial charge in [0.25, 0.3) is 0 Å². The van der Waals surface area contributed by atoms with E-state index in [1.165, 1.54) is 5.56 Å². The van der Waals surface area contributed by atoms with Gasteiger partial charge in [-0.2, -0.15) is 11.3 Å². The van der Waals surface area contributed by atoms with E-state index in [-0.39, 0.29) is 17.6 Å². The third kappa shape index (κ3) is 2.78. The summed E-state index contributed by atoms with van der Waals surface area (Å²) in [5, 5.41) is 12.4. The first-order valence-corrected chi connectivity index (χ1v) is 7.45. The zero-order valence-corrected chi connectivity index (χ0v) is 9.85. The van der Waals surface area contributed by atoms with Gasteiger partial charge in [0.1, 0.15) is 0 Å². The number of hydrogen-bond donors (Lipinski definition) is 2. The maximum absolute atomic E-state index is 11.1. The summed E-state index contributed by atoms with van der Waals surface area (Å²) in [4.78, 5) is 0. The van der Waals surface area contributed by atoms with Crippen LogP contribution in [0, 0.1) is 5.92 Å². The number of nitrogens with two attached hydrogens (primary N) is 1. The van der Waals surface area contributed by atoms with Crippen LogP contribution in [-0.2, 0) is 10.0 Å². The Kier molecular flexibility index (Phi) is 3.11. The normalized spacial score (nSPS) is 27.0. The molecule has 0 amide bonds. The first-order valence-electron chi connectivity index (χ1n) is 4.79. The van der Waals surface area contributed by atoms with Gasteiger partial charge in [-0.25, -0.2) is 13.6 Å². The van der Waals surface area contributed by atoms with E-state index in [4.69, 9.17) is 5.14 Å². The van der Waals surface area contributed by atoms with E-state index < -0.39 is 10.0 Å². The molecule has 6 heteroatoms. The summed E-state index contributed by atoms with van der Waals surface area (Å²) in [5.41, 5.74) is 1.22. The van der Waals surface area contributed by atoms with Crippen LogP contribution in [0.4, 0.5) is 0 Å². The van der Waals surface area contributed by atoms with E-state index >= 15 is 0 Å². The van der Waals surface area contributed by atoms with Gasteiger partial charge in [0.15, 0.2) is 0 Å². The summed E-state index contributed by atoms with van der Waals surface area (Å²) in [7, 11) is -3.37. The van der Waals surface area contributed by atoms with Gasteiger partial charge in [0.2, 0.25) is 10.0 Å². The molecule has 1 aromatic rings. The monoisotopic (exact) mass is 246 g/mol. The molecular formula is C9H14N2O2S2. The highest BCUT2D eigenvalue weighted by Crippen LogP contribution is 2.30.